The predicted molar refractivity (Wildman–Crippen MR) is 94.5 cm³/mol. The molecule has 0 saturated carbocycles. The third-order valence-electron chi connectivity index (χ3n) is 4.00. The zero-order valence-electron chi connectivity index (χ0n) is 13.8. The maximum absolute atomic E-state index is 12.7. The molecule has 0 aliphatic carbocycles. The van der Waals surface area contributed by atoms with Crippen molar-refractivity contribution in [2.75, 3.05) is 19.7 Å². The fraction of sp³-hybridized carbons (Fsp3) is 0.211. The summed E-state index contributed by atoms with van der Waals surface area (Å²) in [4.78, 5) is 14.4. The van der Waals surface area contributed by atoms with Gasteiger partial charge in [-0.1, -0.05) is 30.3 Å². The number of aromatic nitrogens is 3. The van der Waals surface area contributed by atoms with Crippen LogP contribution in [0.5, 0.6) is 0 Å². The third-order valence-corrected chi connectivity index (χ3v) is 4.00. The van der Waals surface area contributed by atoms with Crippen molar-refractivity contribution in [3.05, 3.63) is 78.4 Å². The number of carbonyl (C=O) groups is 1. The van der Waals surface area contributed by atoms with Gasteiger partial charge in [-0.3, -0.25) is 9.36 Å². The van der Waals surface area contributed by atoms with Crippen LogP contribution in [0.1, 0.15) is 15.9 Å². The van der Waals surface area contributed by atoms with Gasteiger partial charge in [0.25, 0.3) is 5.91 Å². The molecule has 0 atom stereocenters. The molecule has 1 heterocycles. The van der Waals surface area contributed by atoms with E-state index in [9.17, 15) is 9.90 Å². The molecule has 128 valence electrons. The lowest BCUT2D eigenvalue weighted by Gasteiger charge is -2.22. The summed E-state index contributed by atoms with van der Waals surface area (Å²) in [5, 5.41) is 16.8. The SMILES string of the molecule is O=C(c1ccc(-n2cnnc2)cc1)N(CCO)CCc1ccccc1. The Morgan fingerprint density at radius 3 is 2.28 bits per heavy atom. The minimum absolute atomic E-state index is 0.0562. The summed E-state index contributed by atoms with van der Waals surface area (Å²) < 4.78 is 1.77. The molecule has 3 aromatic rings. The fourth-order valence-corrected chi connectivity index (χ4v) is 2.64. The highest BCUT2D eigenvalue weighted by Gasteiger charge is 2.15. The number of carbonyl (C=O) groups excluding carboxylic acids is 1. The van der Waals surface area contributed by atoms with Crippen molar-refractivity contribution < 1.29 is 9.90 Å². The first-order valence-corrected chi connectivity index (χ1v) is 8.17. The molecule has 1 N–H and O–H groups in total. The quantitative estimate of drug-likeness (QED) is 0.716. The standard InChI is InChI=1S/C19H20N4O2/c24-13-12-22(11-10-16-4-2-1-3-5-16)19(25)17-6-8-18(9-7-17)23-14-20-21-15-23/h1-9,14-15,24H,10-13H2. The van der Waals surface area contributed by atoms with Gasteiger partial charge in [0.2, 0.25) is 0 Å². The zero-order valence-corrected chi connectivity index (χ0v) is 13.8. The Morgan fingerprint density at radius 2 is 1.64 bits per heavy atom. The van der Waals surface area contributed by atoms with Crippen LogP contribution >= 0.6 is 0 Å². The van der Waals surface area contributed by atoms with Gasteiger partial charge in [-0.25, -0.2) is 0 Å². The molecule has 0 spiro atoms. The molecule has 6 nitrogen and oxygen atoms in total. The van der Waals surface area contributed by atoms with Gasteiger partial charge in [0, 0.05) is 24.3 Å². The van der Waals surface area contributed by atoms with Gasteiger partial charge in [0.05, 0.1) is 6.61 Å². The van der Waals surface area contributed by atoms with Gasteiger partial charge >= 0.3 is 0 Å². The van der Waals surface area contributed by atoms with Crippen LogP contribution in [0.4, 0.5) is 0 Å². The topological polar surface area (TPSA) is 71.2 Å². The number of nitrogens with zero attached hydrogens (tertiary/aromatic N) is 4. The number of amides is 1. The van der Waals surface area contributed by atoms with E-state index in [1.807, 2.05) is 42.5 Å². The minimum Gasteiger partial charge on any atom is -0.395 e. The summed E-state index contributed by atoms with van der Waals surface area (Å²) in [5.74, 6) is -0.0831. The molecule has 0 radical (unpaired) electrons. The molecule has 1 aromatic heterocycles. The molecule has 2 aromatic carbocycles. The lowest BCUT2D eigenvalue weighted by Crippen LogP contribution is -2.35. The van der Waals surface area contributed by atoms with Gasteiger partial charge < -0.3 is 10.0 Å². The number of hydrogen-bond donors (Lipinski definition) is 1. The Bertz CT molecular complexity index is 786. The minimum atomic E-state index is -0.0831. The van der Waals surface area contributed by atoms with E-state index in [2.05, 4.69) is 10.2 Å². The van der Waals surface area contributed by atoms with Crippen molar-refractivity contribution in [2.24, 2.45) is 0 Å². The second-order valence-electron chi connectivity index (χ2n) is 5.67. The van der Waals surface area contributed by atoms with E-state index in [0.29, 0.717) is 18.7 Å². The Balaban J connectivity index is 1.69. The van der Waals surface area contributed by atoms with E-state index in [-0.39, 0.29) is 12.5 Å². The summed E-state index contributed by atoms with van der Waals surface area (Å²) in [6, 6.07) is 17.3. The number of benzene rings is 2. The molecule has 0 fully saturated rings. The first kappa shape index (κ1) is 16.9. The molecule has 0 aliphatic rings. The molecule has 1 amide bonds. The third kappa shape index (κ3) is 4.30. The van der Waals surface area contributed by atoms with Crippen molar-refractivity contribution in [3.8, 4) is 5.69 Å². The Kier molecular flexibility index (Phi) is 5.53. The Hall–Kier alpha value is -2.99. The molecule has 0 bridgehead atoms. The van der Waals surface area contributed by atoms with E-state index in [4.69, 9.17) is 0 Å². The molecule has 25 heavy (non-hydrogen) atoms. The van der Waals surface area contributed by atoms with Crippen molar-refractivity contribution >= 4 is 5.91 Å². The lowest BCUT2D eigenvalue weighted by molar-refractivity contribution is 0.0724. The fourth-order valence-electron chi connectivity index (χ4n) is 2.64. The van der Waals surface area contributed by atoms with Crippen molar-refractivity contribution in [1.29, 1.82) is 0 Å². The number of hydrogen-bond acceptors (Lipinski definition) is 4. The maximum atomic E-state index is 12.7. The molecular formula is C19H20N4O2. The first-order chi connectivity index (χ1) is 12.3. The van der Waals surface area contributed by atoms with Gasteiger partial charge in [-0.15, -0.1) is 10.2 Å². The summed E-state index contributed by atoms with van der Waals surface area (Å²) in [7, 11) is 0. The van der Waals surface area contributed by atoms with E-state index >= 15 is 0 Å². The second-order valence-corrected chi connectivity index (χ2v) is 5.67. The summed E-state index contributed by atoms with van der Waals surface area (Å²) in [6.45, 7) is 0.828. The van der Waals surface area contributed by atoms with Crippen molar-refractivity contribution in [2.45, 2.75) is 6.42 Å². The smallest absolute Gasteiger partial charge is 0.253 e. The maximum Gasteiger partial charge on any atom is 0.253 e. The highest BCUT2D eigenvalue weighted by molar-refractivity contribution is 5.94. The van der Waals surface area contributed by atoms with Crippen LogP contribution in [0.25, 0.3) is 5.69 Å². The number of aliphatic hydroxyl groups is 1. The highest BCUT2D eigenvalue weighted by Crippen LogP contribution is 2.12. The molecular weight excluding hydrogens is 316 g/mol. The zero-order chi connectivity index (χ0) is 17.5. The van der Waals surface area contributed by atoms with Gasteiger partial charge in [0.15, 0.2) is 0 Å². The Morgan fingerprint density at radius 1 is 0.960 bits per heavy atom. The monoisotopic (exact) mass is 336 g/mol. The highest BCUT2D eigenvalue weighted by atomic mass is 16.3. The lowest BCUT2D eigenvalue weighted by atomic mass is 10.1. The summed E-state index contributed by atoms with van der Waals surface area (Å²) in [6.07, 6.45) is 3.97. The van der Waals surface area contributed by atoms with Crippen LogP contribution in [-0.2, 0) is 6.42 Å². The predicted octanol–water partition coefficient (Wildman–Crippen LogP) is 1.94. The normalized spacial score (nSPS) is 10.6. The number of aliphatic hydroxyl groups excluding tert-OH is 1. The molecule has 6 heteroatoms. The van der Waals surface area contributed by atoms with E-state index in [1.54, 1.807) is 34.3 Å². The molecule has 0 aliphatic heterocycles. The van der Waals surface area contributed by atoms with Gasteiger partial charge in [0.1, 0.15) is 12.7 Å². The molecule has 0 saturated heterocycles. The first-order valence-electron chi connectivity index (χ1n) is 8.17. The van der Waals surface area contributed by atoms with E-state index < -0.39 is 0 Å². The van der Waals surface area contributed by atoms with Crippen molar-refractivity contribution in [1.82, 2.24) is 19.7 Å². The summed E-state index contributed by atoms with van der Waals surface area (Å²) in [5.41, 5.74) is 2.65. The average Bonchev–Trinajstić information content (AvgIpc) is 3.20. The van der Waals surface area contributed by atoms with Crippen molar-refractivity contribution in [3.63, 3.8) is 0 Å². The van der Waals surface area contributed by atoms with Crippen LogP contribution in [-0.4, -0.2) is 50.4 Å². The van der Waals surface area contributed by atoms with Crippen LogP contribution in [0.2, 0.25) is 0 Å². The summed E-state index contributed by atoms with van der Waals surface area (Å²) >= 11 is 0. The van der Waals surface area contributed by atoms with Crippen LogP contribution in [0.15, 0.2) is 67.3 Å². The van der Waals surface area contributed by atoms with Crippen LogP contribution in [0.3, 0.4) is 0 Å². The van der Waals surface area contributed by atoms with E-state index in [0.717, 1.165) is 12.1 Å². The molecule has 3 rings (SSSR count). The van der Waals surface area contributed by atoms with Crippen LogP contribution < -0.4 is 0 Å². The number of rotatable bonds is 7. The largest absolute Gasteiger partial charge is 0.395 e. The van der Waals surface area contributed by atoms with Gasteiger partial charge in [-0.05, 0) is 36.2 Å². The molecule has 0 unspecified atom stereocenters. The second kappa shape index (κ2) is 8.21. The average molecular weight is 336 g/mol. The van der Waals surface area contributed by atoms with E-state index in [1.165, 1.54) is 5.56 Å². The Labute approximate surface area is 146 Å². The van der Waals surface area contributed by atoms with Crippen LogP contribution in [0, 0.1) is 0 Å². The van der Waals surface area contributed by atoms with Gasteiger partial charge in [-0.2, -0.15) is 0 Å².